The van der Waals surface area contributed by atoms with Crippen molar-refractivity contribution in [3.63, 3.8) is 0 Å². The Labute approximate surface area is 110 Å². The Balaban J connectivity index is 1.76. The molecule has 2 nitrogen and oxygen atoms in total. The Morgan fingerprint density at radius 2 is 2.11 bits per heavy atom. The summed E-state index contributed by atoms with van der Waals surface area (Å²) in [5.41, 5.74) is 1.26. The van der Waals surface area contributed by atoms with E-state index in [1.54, 1.807) is 0 Å². The van der Waals surface area contributed by atoms with Crippen molar-refractivity contribution >= 4 is 5.91 Å². The zero-order chi connectivity index (χ0) is 12.8. The van der Waals surface area contributed by atoms with Crippen molar-refractivity contribution in [1.82, 2.24) is 4.90 Å². The van der Waals surface area contributed by atoms with Gasteiger partial charge in [0.15, 0.2) is 0 Å². The Hall–Kier alpha value is -1.31. The molecule has 0 aliphatic carbocycles. The van der Waals surface area contributed by atoms with Crippen LogP contribution in [0, 0.1) is 5.92 Å². The highest BCUT2D eigenvalue weighted by atomic mass is 16.2. The first kappa shape index (κ1) is 13.1. The number of carbonyl (C=O) groups is 1. The first-order valence-electron chi connectivity index (χ1n) is 7.11. The van der Waals surface area contributed by atoms with E-state index in [1.165, 1.54) is 24.8 Å². The van der Waals surface area contributed by atoms with Crippen LogP contribution in [-0.2, 0) is 11.2 Å². The van der Waals surface area contributed by atoms with Crippen LogP contribution in [-0.4, -0.2) is 23.9 Å². The van der Waals surface area contributed by atoms with Crippen LogP contribution in [0.2, 0.25) is 0 Å². The van der Waals surface area contributed by atoms with Crippen LogP contribution in [0.4, 0.5) is 0 Å². The first-order valence-corrected chi connectivity index (χ1v) is 7.11. The Morgan fingerprint density at radius 3 is 2.83 bits per heavy atom. The Kier molecular flexibility index (Phi) is 4.80. The zero-order valence-corrected chi connectivity index (χ0v) is 11.3. The lowest BCUT2D eigenvalue weighted by Crippen LogP contribution is -2.28. The number of amides is 1. The van der Waals surface area contributed by atoms with Crippen LogP contribution in [0.1, 0.15) is 38.2 Å². The van der Waals surface area contributed by atoms with Gasteiger partial charge in [0.05, 0.1) is 0 Å². The standard InChI is InChI=1S/C16H23NO/c1-2-6-15-11-12-17(13-15)16(18)10-9-14-7-4-3-5-8-14/h3-5,7-8,15H,2,6,9-13H2,1H3. The molecule has 0 spiro atoms. The van der Waals surface area contributed by atoms with E-state index in [2.05, 4.69) is 24.0 Å². The summed E-state index contributed by atoms with van der Waals surface area (Å²) in [5, 5.41) is 0. The highest BCUT2D eigenvalue weighted by Crippen LogP contribution is 2.21. The van der Waals surface area contributed by atoms with Crippen molar-refractivity contribution in [3.05, 3.63) is 35.9 Å². The molecule has 0 saturated carbocycles. The van der Waals surface area contributed by atoms with Gasteiger partial charge in [-0.15, -0.1) is 0 Å². The molecule has 18 heavy (non-hydrogen) atoms. The predicted octanol–water partition coefficient (Wildman–Crippen LogP) is 3.27. The lowest BCUT2D eigenvalue weighted by molar-refractivity contribution is -0.130. The number of rotatable bonds is 5. The maximum atomic E-state index is 12.1. The topological polar surface area (TPSA) is 20.3 Å². The fourth-order valence-corrected chi connectivity index (χ4v) is 2.76. The average Bonchev–Trinajstić information content (AvgIpc) is 2.86. The van der Waals surface area contributed by atoms with Gasteiger partial charge in [0.2, 0.25) is 5.91 Å². The van der Waals surface area contributed by atoms with Crippen molar-refractivity contribution in [2.75, 3.05) is 13.1 Å². The van der Waals surface area contributed by atoms with Gasteiger partial charge in [-0.05, 0) is 30.7 Å². The highest BCUT2D eigenvalue weighted by molar-refractivity contribution is 5.76. The van der Waals surface area contributed by atoms with Crippen molar-refractivity contribution in [1.29, 1.82) is 0 Å². The van der Waals surface area contributed by atoms with E-state index in [-0.39, 0.29) is 0 Å². The average molecular weight is 245 g/mol. The molecule has 1 saturated heterocycles. The molecule has 1 fully saturated rings. The summed E-state index contributed by atoms with van der Waals surface area (Å²) in [5.74, 6) is 1.08. The highest BCUT2D eigenvalue weighted by Gasteiger charge is 2.24. The summed E-state index contributed by atoms with van der Waals surface area (Å²) in [4.78, 5) is 14.2. The molecular formula is C16H23NO. The number of hydrogen-bond donors (Lipinski definition) is 0. The second-order valence-corrected chi connectivity index (χ2v) is 5.27. The van der Waals surface area contributed by atoms with E-state index in [4.69, 9.17) is 0 Å². The fourth-order valence-electron chi connectivity index (χ4n) is 2.76. The molecule has 2 heteroatoms. The van der Waals surface area contributed by atoms with Gasteiger partial charge in [0.1, 0.15) is 0 Å². The van der Waals surface area contributed by atoms with E-state index >= 15 is 0 Å². The van der Waals surface area contributed by atoms with E-state index < -0.39 is 0 Å². The third-order valence-electron chi connectivity index (χ3n) is 3.81. The maximum absolute atomic E-state index is 12.1. The van der Waals surface area contributed by atoms with Crippen LogP contribution in [0.15, 0.2) is 30.3 Å². The quantitative estimate of drug-likeness (QED) is 0.779. The van der Waals surface area contributed by atoms with Crippen LogP contribution in [0.25, 0.3) is 0 Å². The largest absolute Gasteiger partial charge is 0.342 e. The van der Waals surface area contributed by atoms with Crippen LogP contribution < -0.4 is 0 Å². The molecule has 0 radical (unpaired) electrons. The molecule has 2 rings (SSSR count). The van der Waals surface area contributed by atoms with Gasteiger partial charge < -0.3 is 4.90 Å². The number of carbonyl (C=O) groups excluding carboxylic acids is 1. The molecule has 1 heterocycles. The van der Waals surface area contributed by atoms with Crippen molar-refractivity contribution in [3.8, 4) is 0 Å². The van der Waals surface area contributed by atoms with Crippen molar-refractivity contribution in [2.24, 2.45) is 5.92 Å². The van der Waals surface area contributed by atoms with Gasteiger partial charge in [0.25, 0.3) is 0 Å². The van der Waals surface area contributed by atoms with E-state index in [9.17, 15) is 4.79 Å². The second kappa shape index (κ2) is 6.58. The summed E-state index contributed by atoms with van der Waals surface area (Å²) >= 11 is 0. The SMILES string of the molecule is CCCC1CCN(C(=O)CCc2ccccc2)C1. The molecule has 0 bridgehead atoms. The smallest absolute Gasteiger partial charge is 0.222 e. The summed E-state index contributed by atoms with van der Waals surface area (Å²) in [6.07, 6.45) is 5.22. The minimum atomic E-state index is 0.331. The second-order valence-electron chi connectivity index (χ2n) is 5.27. The van der Waals surface area contributed by atoms with Crippen LogP contribution in [0.3, 0.4) is 0 Å². The van der Waals surface area contributed by atoms with E-state index in [0.717, 1.165) is 25.4 Å². The maximum Gasteiger partial charge on any atom is 0.222 e. The molecule has 1 unspecified atom stereocenters. The van der Waals surface area contributed by atoms with E-state index in [0.29, 0.717) is 12.3 Å². The van der Waals surface area contributed by atoms with Gasteiger partial charge >= 0.3 is 0 Å². The zero-order valence-electron chi connectivity index (χ0n) is 11.3. The summed E-state index contributed by atoms with van der Waals surface area (Å²) < 4.78 is 0. The molecule has 1 atom stereocenters. The van der Waals surface area contributed by atoms with Gasteiger partial charge in [-0.1, -0.05) is 43.7 Å². The van der Waals surface area contributed by atoms with Crippen molar-refractivity contribution < 1.29 is 4.79 Å². The molecule has 98 valence electrons. The Morgan fingerprint density at radius 1 is 1.33 bits per heavy atom. The van der Waals surface area contributed by atoms with Crippen LogP contribution in [0.5, 0.6) is 0 Å². The normalized spacial score (nSPS) is 19.2. The van der Waals surface area contributed by atoms with Gasteiger partial charge in [0, 0.05) is 19.5 Å². The van der Waals surface area contributed by atoms with Gasteiger partial charge in [-0.25, -0.2) is 0 Å². The number of likely N-dealkylation sites (tertiary alicyclic amines) is 1. The third kappa shape index (κ3) is 3.59. The Bertz CT molecular complexity index is 374. The molecule has 1 aromatic rings. The molecule has 1 amide bonds. The number of nitrogens with zero attached hydrogens (tertiary/aromatic N) is 1. The number of hydrogen-bond acceptors (Lipinski definition) is 1. The first-order chi connectivity index (χ1) is 8.79. The molecule has 1 aliphatic heterocycles. The van der Waals surface area contributed by atoms with Crippen molar-refractivity contribution in [2.45, 2.75) is 39.0 Å². The number of benzene rings is 1. The predicted molar refractivity (Wildman–Crippen MR) is 74.4 cm³/mol. The summed E-state index contributed by atoms with van der Waals surface area (Å²) in [6.45, 7) is 4.18. The lowest BCUT2D eigenvalue weighted by atomic mass is 10.0. The molecular weight excluding hydrogens is 222 g/mol. The minimum absolute atomic E-state index is 0.331. The molecule has 1 aromatic carbocycles. The fraction of sp³-hybridized carbons (Fsp3) is 0.562. The molecule has 1 aliphatic rings. The third-order valence-corrected chi connectivity index (χ3v) is 3.81. The molecule has 0 aromatic heterocycles. The lowest BCUT2D eigenvalue weighted by Gasteiger charge is -2.16. The van der Waals surface area contributed by atoms with Gasteiger partial charge in [-0.2, -0.15) is 0 Å². The van der Waals surface area contributed by atoms with E-state index in [1.807, 2.05) is 18.2 Å². The molecule has 0 N–H and O–H groups in total. The van der Waals surface area contributed by atoms with Gasteiger partial charge in [-0.3, -0.25) is 4.79 Å². The summed E-state index contributed by atoms with van der Waals surface area (Å²) in [7, 11) is 0. The summed E-state index contributed by atoms with van der Waals surface area (Å²) in [6, 6.07) is 10.3. The minimum Gasteiger partial charge on any atom is -0.342 e. The monoisotopic (exact) mass is 245 g/mol. The number of aryl methyl sites for hydroxylation is 1. The van der Waals surface area contributed by atoms with Crippen LogP contribution >= 0.6 is 0 Å².